The molecule has 2 aromatic heterocycles. The van der Waals surface area contributed by atoms with Crippen LogP contribution in [0.5, 0.6) is 0 Å². The van der Waals surface area contributed by atoms with Gasteiger partial charge in [0.1, 0.15) is 10.5 Å². The van der Waals surface area contributed by atoms with Crippen molar-refractivity contribution in [3.63, 3.8) is 0 Å². The quantitative estimate of drug-likeness (QED) is 0.554. The molecule has 0 bridgehead atoms. The van der Waals surface area contributed by atoms with Crippen LogP contribution in [0.2, 0.25) is 5.02 Å². The average molecular weight is 365 g/mol. The molecule has 0 aliphatic heterocycles. The van der Waals surface area contributed by atoms with Gasteiger partial charge in [0, 0.05) is 23.7 Å². The van der Waals surface area contributed by atoms with Crippen LogP contribution in [0.25, 0.3) is 10.2 Å². The highest BCUT2D eigenvalue weighted by Gasteiger charge is 2.13. The summed E-state index contributed by atoms with van der Waals surface area (Å²) in [5.41, 5.74) is 1.15. The van der Waals surface area contributed by atoms with Gasteiger partial charge < -0.3 is 4.98 Å². The van der Waals surface area contributed by atoms with E-state index in [4.69, 9.17) is 11.6 Å². The molecule has 0 atom stereocenters. The van der Waals surface area contributed by atoms with Gasteiger partial charge in [-0.3, -0.25) is 19.8 Å². The molecule has 0 amide bonds. The minimum atomic E-state index is -0.455. The molecule has 3 aromatic rings. The zero-order valence-corrected chi connectivity index (χ0v) is 14.2. The Labute approximate surface area is 145 Å². The number of nitrogens with one attached hydrogen (secondary N) is 1. The van der Waals surface area contributed by atoms with Gasteiger partial charge in [0.05, 0.1) is 17.0 Å². The molecule has 0 radical (unpaired) electrons. The van der Waals surface area contributed by atoms with Crippen molar-refractivity contribution in [3.05, 3.63) is 66.5 Å². The van der Waals surface area contributed by atoms with E-state index in [1.54, 1.807) is 6.07 Å². The fraction of sp³-hybridized carbons (Fsp3) is 0.200. The summed E-state index contributed by atoms with van der Waals surface area (Å²) in [6.07, 6.45) is 0. The molecule has 1 aromatic carbocycles. The first-order valence-electron chi connectivity index (χ1n) is 7.02. The van der Waals surface area contributed by atoms with Gasteiger partial charge in [0.15, 0.2) is 0 Å². The first kappa shape index (κ1) is 16.6. The molecule has 0 fully saturated rings. The van der Waals surface area contributed by atoms with E-state index in [9.17, 15) is 14.9 Å². The second-order valence-corrected chi connectivity index (χ2v) is 6.68. The lowest BCUT2D eigenvalue weighted by atomic mass is 10.2. The standard InChI is InChI=1S/C15H13ClN4O3S/c1-19(7-9-6-10(20(22)23)2-3-11(9)16)8-13-17-12-4-5-24-14(12)15(21)18-13/h2-6H,7-8H2,1H3,(H,17,18,21). The molecule has 9 heteroatoms. The number of halogens is 1. The number of nitro benzene ring substituents is 1. The van der Waals surface area contributed by atoms with Gasteiger partial charge in [-0.2, -0.15) is 0 Å². The Kier molecular flexibility index (Phi) is 4.61. The maximum absolute atomic E-state index is 12.0. The first-order chi connectivity index (χ1) is 11.4. The van der Waals surface area contributed by atoms with Crippen LogP contribution in [0, 0.1) is 10.1 Å². The number of rotatable bonds is 5. The Bertz CT molecular complexity index is 969. The highest BCUT2D eigenvalue weighted by atomic mass is 35.5. The van der Waals surface area contributed by atoms with Crippen molar-refractivity contribution in [1.82, 2.24) is 14.9 Å². The van der Waals surface area contributed by atoms with E-state index in [0.717, 1.165) is 0 Å². The minimum Gasteiger partial charge on any atom is -0.308 e. The zero-order valence-electron chi connectivity index (χ0n) is 12.7. The number of H-pyrrole nitrogens is 1. The van der Waals surface area contributed by atoms with Crippen LogP contribution in [-0.4, -0.2) is 26.8 Å². The van der Waals surface area contributed by atoms with E-state index in [1.807, 2.05) is 17.3 Å². The lowest BCUT2D eigenvalue weighted by molar-refractivity contribution is -0.384. The molecule has 24 heavy (non-hydrogen) atoms. The van der Waals surface area contributed by atoms with Crippen molar-refractivity contribution < 1.29 is 4.92 Å². The summed E-state index contributed by atoms with van der Waals surface area (Å²) in [7, 11) is 1.83. The van der Waals surface area contributed by atoms with E-state index in [1.165, 1.54) is 29.5 Å². The van der Waals surface area contributed by atoms with Gasteiger partial charge in [-0.05, 0) is 30.1 Å². The van der Waals surface area contributed by atoms with Gasteiger partial charge in [-0.1, -0.05) is 11.6 Å². The van der Waals surface area contributed by atoms with E-state index in [-0.39, 0.29) is 11.2 Å². The Hall–Kier alpha value is -2.29. The molecular weight excluding hydrogens is 352 g/mol. The van der Waals surface area contributed by atoms with Gasteiger partial charge in [-0.25, -0.2) is 4.98 Å². The Morgan fingerprint density at radius 1 is 1.38 bits per heavy atom. The van der Waals surface area contributed by atoms with Gasteiger partial charge in [0.2, 0.25) is 0 Å². The Morgan fingerprint density at radius 2 is 2.17 bits per heavy atom. The number of aromatic nitrogens is 2. The molecule has 0 aliphatic rings. The smallest absolute Gasteiger partial charge is 0.269 e. The van der Waals surface area contributed by atoms with Crippen LogP contribution >= 0.6 is 22.9 Å². The van der Waals surface area contributed by atoms with Crippen molar-refractivity contribution >= 4 is 38.8 Å². The molecule has 124 valence electrons. The summed E-state index contributed by atoms with van der Waals surface area (Å²) in [4.78, 5) is 31.4. The number of nitrogens with zero attached hydrogens (tertiary/aromatic N) is 3. The lowest BCUT2D eigenvalue weighted by Crippen LogP contribution is -2.21. The molecule has 0 spiro atoms. The number of hydrogen-bond donors (Lipinski definition) is 1. The van der Waals surface area contributed by atoms with Crippen LogP contribution in [-0.2, 0) is 13.1 Å². The second-order valence-electron chi connectivity index (χ2n) is 5.35. The van der Waals surface area contributed by atoms with Crippen molar-refractivity contribution in [1.29, 1.82) is 0 Å². The molecule has 7 nitrogen and oxygen atoms in total. The topological polar surface area (TPSA) is 92.1 Å². The summed E-state index contributed by atoms with van der Waals surface area (Å²) in [6, 6.07) is 6.14. The van der Waals surface area contributed by atoms with Crippen LogP contribution in [0.15, 0.2) is 34.4 Å². The van der Waals surface area contributed by atoms with Crippen LogP contribution in [0.1, 0.15) is 11.4 Å². The third-order valence-electron chi connectivity index (χ3n) is 3.46. The Morgan fingerprint density at radius 3 is 2.92 bits per heavy atom. The number of hydrogen-bond acceptors (Lipinski definition) is 6. The van der Waals surface area contributed by atoms with Crippen molar-refractivity contribution in [2.45, 2.75) is 13.1 Å². The molecule has 0 aliphatic carbocycles. The number of aromatic amines is 1. The molecule has 0 unspecified atom stereocenters. The largest absolute Gasteiger partial charge is 0.308 e. The third-order valence-corrected chi connectivity index (χ3v) is 4.74. The SMILES string of the molecule is CN(Cc1nc2ccsc2c(=O)[nH]1)Cc1cc([N+](=O)[O-])ccc1Cl. The zero-order chi connectivity index (χ0) is 17.3. The number of fused-ring (bicyclic) bond motifs is 1. The van der Waals surface area contributed by atoms with E-state index in [2.05, 4.69) is 9.97 Å². The predicted molar refractivity (Wildman–Crippen MR) is 93.5 cm³/mol. The molecule has 0 saturated heterocycles. The van der Waals surface area contributed by atoms with Crippen molar-refractivity contribution in [2.75, 3.05) is 7.05 Å². The first-order valence-corrected chi connectivity index (χ1v) is 8.27. The Balaban J connectivity index is 1.79. The second kappa shape index (κ2) is 6.68. The summed E-state index contributed by atoms with van der Waals surface area (Å²) < 4.78 is 0.600. The minimum absolute atomic E-state index is 0.00553. The number of non-ortho nitro benzene ring substituents is 1. The molecule has 1 N–H and O–H groups in total. The monoisotopic (exact) mass is 364 g/mol. The highest BCUT2D eigenvalue weighted by Crippen LogP contribution is 2.23. The van der Waals surface area contributed by atoms with Gasteiger partial charge in [0.25, 0.3) is 11.2 Å². The van der Waals surface area contributed by atoms with Crippen LogP contribution in [0.4, 0.5) is 5.69 Å². The summed E-state index contributed by atoms with van der Waals surface area (Å²) in [6.45, 7) is 0.784. The number of thiophene rings is 1. The van der Waals surface area contributed by atoms with Crippen LogP contribution in [0.3, 0.4) is 0 Å². The maximum atomic E-state index is 12.0. The summed E-state index contributed by atoms with van der Waals surface area (Å²) >= 11 is 7.46. The maximum Gasteiger partial charge on any atom is 0.269 e. The van der Waals surface area contributed by atoms with Gasteiger partial charge >= 0.3 is 0 Å². The molecule has 2 heterocycles. The van der Waals surface area contributed by atoms with Crippen molar-refractivity contribution in [3.8, 4) is 0 Å². The fourth-order valence-corrected chi connectivity index (χ4v) is 3.30. The lowest BCUT2D eigenvalue weighted by Gasteiger charge is -2.16. The van der Waals surface area contributed by atoms with E-state index < -0.39 is 4.92 Å². The molecule has 3 rings (SSSR count). The highest BCUT2D eigenvalue weighted by molar-refractivity contribution is 7.17. The number of nitro groups is 1. The summed E-state index contributed by atoms with van der Waals surface area (Å²) in [5, 5.41) is 13.2. The van der Waals surface area contributed by atoms with Crippen molar-refractivity contribution in [2.24, 2.45) is 0 Å². The fourth-order valence-electron chi connectivity index (χ4n) is 2.39. The van der Waals surface area contributed by atoms with Gasteiger partial charge in [-0.15, -0.1) is 11.3 Å². The molecular formula is C15H13ClN4O3S. The average Bonchev–Trinajstić information content (AvgIpc) is 2.98. The predicted octanol–water partition coefficient (Wildman–Crippen LogP) is 3.18. The third kappa shape index (κ3) is 3.45. The number of benzene rings is 1. The van der Waals surface area contributed by atoms with E-state index >= 15 is 0 Å². The van der Waals surface area contributed by atoms with E-state index in [0.29, 0.717) is 39.7 Å². The summed E-state index contributed by atoms with van der Waals surface area (Å²) in [5.74, 6) is 0.537. The van der Waals surface area contributed by atoms with Crippen LogP contribution < -0.4 is 5.56 Å². The normalized spacial score (nSPS) is 11.3. The molecule has 0 saturated carbocycles.